The number of alkyl carbamates (subject to hydrolysis) is 1. The second-order valence-electron chi connectivity index (χ2n) is 12.6. The molecule has 3 amide bonds. The number of hydrogen-bond donors (Lipinski definition) is 2. The molecule has 2 heterocycles. The zero-order valence-corrected chi connectivity index (χ0v) is 25.4. The number of nitro benzene ring substituents is 1. The van der Waals surface area contributed by atoms with E-state index < -0.39 is 22.7 Å². The van der Waals surface area contributed by atoms with Crippen molar-refractivity contribution in [1.82, 2.24) is 15.1 Å². The van der Waals surface area contributed by atoms with Gasteiger partial charge < -0.3 is 34.6 Å². The summed E-state index contributed by atoms with van der Waals surface area (Å²) in [6.07, 6.45) is 0.647. The summed E-state index contributed by atoms with van der Waals surface area (Å²) in [7, 11) is 1.39. The summed E-state index contributed by atoms with van der Waals surface area (Å²) in [6, 6.07) is 11.7. The number of carbonyl (C=O) groups excluding carboxylic acids is 3. The lowest BCUT2D eigenvalue weighted by molar-refractivity contribution is -0.384. The first-order chi connectivity index (χ1) is 20.9. The molecule has 0 aromatic heterocycles. The largest absolute Gasteiger partial charge is 0.494 e. The van der Waals surface area contributed by atoms with Gasteiger partial charge in [0.25, 0.3) is 11.6 Å². The first-order valence-corrected chi connectivity index (χ1v) is 14.8. The number of likely N-dealkylation sites (tertiary alicyclic amines) is 2. The SMILES string of the molecule is COc1cc(C(=O)N2CC3CCC2[C@@H]3NC(=O)OC(C)(C)C)cc([N+](=O)[O-])c1NCC1CN(C(=O)OCc2ccccc2)C1. The molecule has 236 valence electrons. The summed E-state index contributed by atoms with van der Waals surface area (Å²) in [5, 5.41) is 18.2. The van der Waals surface area contributed by atoms with Crippen LogP contribution < -0.4 is 15.4 Å². The monoisotopic (exact) mass is 609 g/mol. The number of carbonyl (C=O) groups is 3. The van der Waals surface area contributed by atoms with E-state index in [1.165, 1.54) is 19.2 Å². The lowest BCUT2D eigenvalue weighted by Gasteiger charge is -2.38. The van der Waals surface area contributed by atoms with Gasteiger partial charge in [-0.05, 0) is 51.2 Å². The number of fused-ring (bicyclic) bond motifs is 2. The van der Waals surface area contributed by atoms with Crippen LogP contribution in [0.3, 0.4) is 0 Å². The van der Waals surface area contributed by atoms with Crippen molar-refractivity contribution in [2.45, 2.75) is 57.9 Å². The van der Waals surface area contributed by atoms with E-state index in [2.05, 4.69) is 10.6 Å². The molecule has 0 spiro atoms. The Morgan fingerprint density at radius 2 is 1.80 bits per heavy atom. The lowest BCUT2D eigenvalue weighted by atomic mass is 10.0. The van der Waals surface area contributed by atoms with Gasteiger partial charge in [0.05, 0.1) is 29.7 Å². The van der Waals surface area contributed by atoms with Crippen LogP contribution in [0.25, 0.3) is 0 Å². The van der Waals surface area contributed by atoms with Gasteiger partial charge >= 0.3 is 12.2 Å². The van der Waals surface area contributed by atoms with Crippen molar-refractivity contribution in [3.63, 3.8) is 0 Å². The number of anilines is 1. The minimum Gasteiger partial charge on any atom is -0.494 e. The standard InChI is InChI=1S/C31H39N5O8/c1-31(2,3)44-29(38)33-26-21-10-11-23(26)35(17-21)28(37)22-12-24(36(40)41)27(25(13-22)42-4)32-14-20-15-34(16-20)30(39)43-18-19-8-6-5-7-9-19/h5-9,12-13,20-21,23,26,32H,10-11,14-18H2,1-4H3,(H,33,38)/t21?,23?,26-/m1/s1. The highest BCUT2D eigenvalue weighted by Gasteiger charge is 2.50. The first-order valence-electron chi connectivity index (χ1n) is 14.8. The Hall–Kier alpha value is -4.55. The summed E-state index contributed by atoms with van der Waals surface area (Å²) in [5.41, 5.74) is 0.286. The molecule has 2 aromatic rings. The molecule has 3 atom stereocenters. The molecule has 3 fully saturated rings. The molecule has 2 saturated heterocycles. The number of hydrogen-bond acceptors (Lipinski definition) is 9. The quantitative estimate of drug-likeness (QED) is 0.311. The second kappa shape index (κ2) is 12.6. The topological polar surface area (TPSA) is 153 Å². The number of nitrogens with one attached hydrogen (secondary N) is 2. The van der Waals surface area contributed by atoms with Crippen molar-refractivity contribution >= 4 is 29.5 Å². The number of ether oxygens (including phenoxy) is 3. The maximum atomic E-state index is 13.7. The van der Waals surface area contributed by atoms with Crippen LogP contribution in [0.4, 0.5) is 21.0 Å². The van der Waals surface area contributed by atoms with Crippen molar-refractivity contribution in [3.05, 3.63) is 63.7 Å². The predicted molar refractivity (Wildman–Crippen MR) is 161 cm³/mol. The van der Waals surface area contributed by atoms with E-state index >= 15 is 0 Å². The highest BCUT2D eigenvalue weighted by atomic mass is 16.6. The van der Waals surface area contributed by atoms with Crippen molar-refractivity contribution in [2.24, 2.45) is 11.8 Å². The third-order valence-electron chi connectivity index (χ3n) is 8.26. The molecular weight excluding hydrogens is 570 g/mol. The highest BCUT2D eigenvalue weighted by molar-refractivity contribution is 5.97. The maximum absolute atomic E-state index is 13.7. The number of nitro groups is 1. The molecule has 2 unspecified atom stereocenters. The summed E-state index contributed by atoms with van der Waals surface area (Å²) < 4.78 is 16.3. The van der Waals surface area contributed by atoms with E-state index in [1.807, 2.05) is 30.3 Å². The number of methoxy groups -OCH3 is 1. The van der Waals surface area contributed by atoms with E-state index in [4.69, 9.17) is 14.2 Å². The molecule has 1 saturated carbocycles. The predicted octanol–water partition coefficient (Wildman–Crippen LogP) is 4.41. The summed E-state index contributed by atoms with van der Waals surface area (Å²) in [4.78, 5) is 53.3. The van der Waals surface area contributed by atoms with Gasteiger partial charge in [0.15, 0.2) is 5.69 Å². The Kier molecular flexibility index (Phi) is 8.84. The Morgan fingerprint density at radius 3 is 2.45 bits per heavy atom. The van der Waals surface area contributed by atoms with Gasteiger partial charge in [-0.25, -0.2) is 9.59 Å². The molecule has 13 nitrogen and oxygen atoms in total. The van der Waals surface area contributed by atoms with Gasteiger partial charge in [-0.2, -0.15) is 0 Å². The smallest absolute Gasteiger partial charge is 0.410 e. The van der Waals surface area contributed by atoms with E-state index in [1.54, 1.807) is 30.6 Å². The average Bonchev–Trinajstić information content (AvgIpc) is 3.50. The van der Waals surface area contributed by atoms with Crippen LogP contribution >= 0.6 is 0 Å². The van der Waals surface area contributed by atoms with E-state index in [9.17, 15) is 24.5 Å². The third-order valence-corrected chi connectivity index (χ3v) is 8.26. The number of nitrogens with zero attached hydrogens (tertiary/aromatic N) is 3. The second-order valence-corrected chi connectivity index (χ2v) is 12.6. The fourth-order valence-electron chi connectivity index (χ4n) is 6.17. The van der Waals surface area contributed by atoms with Crippen molar-refractivity contribution < 1.29 is 33.5 Å². The molecule has 13 heteroatoms. The molecule has 5 rings (SSSR count). The zero-order chi connectivity index (χ0) is 31.6. The Bertz CT molecular complexity index is 1410. The van der Waals surface area contributed by atoms with E-state index in [0.29, 0.717) is 32.6 Å². The molecule has 2 N–H and O–H groups in total. The molecule has 3 aliphatic rings. The van der Waals surface area contributed by atoms with Crippen LogP contribution in [-0.2, 0) is 16.1 Å². The van der Waals surface area contributed by atoms with Crippen molar-refractivity contribution in [1.29, 1.82) is 0 Å². The van der Waals surface area contributed by atoms with Gasteiger partial charge in [-0.1, -0.05) is 30.3 Å². The zero-order valence-electron chi connectivity index (χ0n) is 25.4. The molecule has 2 aromatic carbocycles. The van der Waals surface area contributed by atoms with Crippen LogP contribution in [0.2, 0.25) is 0 Å². The van der Waals surface area contributed by atoms with Crippen LogP contribution in [0.15, 0.2) is 42.5 Å². The Balaban J connectivity index is 1.20. The summed E-state index contributed by atoms with van der Waals surface area (Å²) in [5.74, 6) is -0.0509. The normalized spacial score (nSPS) is 21.0. The number of rotatable bonds is 9. The maximum Gasteiger partial charge on any atom is 0.410 e. The molecule has 0 radical (unpaired) electrons. The number of piperidine rings is 1. The van der Waals surface area contributed by atoms with Gasteiger partial charge in [-0.3, -0.25) is 14.9 Å². The van der Waals surface area contributed by atoms with Crippen LogP contribution in [0.5, 0.6) is 5.75 Å². The Morgan fingerprint density at radius 1 is 1.07 bits per heavy atom. The number of amides is 3. The van der Waals surface area contributed by atoms with Gasteiger partial charge in [-0.15, -0.1) is 0 Å². The fraction of sp³-hybridized carbons (Fsp3) is 0.516. The molecule has 44 heavy (non-hydrogen) atoms. The van der Waals surface area contributed by atoms with Crippen LogP contribution in [0.1, 0.15) is 49.5 Å². The lowest BCUT2D eigenvalue weighted by Crippen LogP contribution is -2.52. The number of benzene rings is 2. The third kappa shape index (κ3) is 6.81. The summed E-state index contributed by atoms with van der Waals surface area (Å²) in [6.45, 7) is 7.24. The first kappa shape index (κ1) is 30.9. The van der Waals surface area contributed by atoms with Crippen molar-refractivity contribution in [3.8, 4) is 5.75 Å². The van der Waals surface area contributed by atoms with E-state index in [0.717, 1.165) is 12.0 Å². The molecular formula is C31H39N5O8. The molecule has 2 aliphatic heterocycles. The Labute approximate surface area is 256 Å². The minimum absolute atomic E-state index is 0.0550. The average molecular weight is 610 g/mol. The van der Waals surface area contributed by atoms with Gasteiger partial charge in [0.1, 0.15) is 18.0 Å². The van der Waals surface area contributed by atoms with Gasteiger partial charge in [0, 0.05) is 38.2 Å². The van der Waals surface area contributed by atoms with Crippen LogP contribution in [-0.4, -0.2) is 83.8 Å². The molecule has 1 aliphatic carbocycles. The minimum atomic E-state index is -0.644. The highest BCUT2D eigenvalue weighted by Crippen LogP contribution is 2.41. The fourth-order valence-corrected chi connectivity index (χ4v) is 6.17. The van der Waals surface area contributed by atoms with Gasteiger partial charge in [0.2, 0.25) is 0 Å². The summed E-state index contributed by atoms with van der Waals surface area (Å²) >= 11 is 0. The van der Waals surface area contributed by atoms with E-state index in [-0.39, 0.29) is 59.1 Å². The molecule has 2 bridgehead atoms. The van der Waals surface area contributed by atoms with Crippen molar-refractivity contribution in [2.75, 3.05) is 38.6 Å². The van der Waals surface area contributed by atoms with Crippen LogP contribution in [0, 0.1) is 22.0 Å².